The van der Waals surface area contributed by atoms with Crippen molar-refractivity contribution >= 4 is 33.2 Å². The predicted octanol–water partition coefficient (Wildman–Crippen LogP) is 3.69. The zero-order valence-corrected chi connectivity index (χ0v) is 10.6. The Hall–Kier alpha value is -0.250. The van der Waals surface area contributed by atoms with Crippen molar-refractivity contribution in [2.75, 3.05) is 18.5 Å². The lowest BCUT2D eigenvalue weighted by Gasteiger charge is -2.24. The van der Waals surface area contributed by atoms with E-state index in [1.807, 2.05) is 18.2 Å². The minimum absolute atomic E-state index is 0.494. The summed E-state index contributed by atoms with van der Waals surface area (Å²) in [5, 5.41) is 4.22. The van der Waals surface area contributed by atoms with Crippen LogP contribution in [0.15, 0.2) is 22.7 Å². The molecule has 1 saturated heterocycles. The van der Waals surface area contributed by atoms with E-state index in [0.717, 1.165) is 41.2 Å². The van der Waals surface area contributed by atoms with Gasteiger partial charge < -0.3 is 10.1 Å². The van der Waals surface area contributed by atoms with E-state index < -0.39 is 0 Å². The maximum atomic E-state index is 6.02. The minimum atomic E-state index is 0.494. The summed E-state index contributed by atoms with van der Waals surface area (Å²) in [4.78, 5) is 0. The van der Waals surface area contributed by atoms with Crippen molar-refractivity contribution in [2.24, 2.45) is 0 Å². The van der Waals surface area contributed by atoms with Crippen LogP contribution in [0.2, 0.25) is 5.02 Å². The molecular weight excluding hydrogens is 277 g/mol. The van der Waals surface area contributed by atoms with Gasteiger partial charge in [-0.05, 0) is 40.9 Å². The highest BCUT2D eigenvalue weighted by Gasteiger charge is 2.14. The van der Waals surface area contributed by atoms with E-state index in [1.54, 1.807) is 0 Å². The molecular formula is C11H13BrClNO. The minimum Gasteiger partial charge on any atom is -0.381 e. The van der Waals surface area contributed by atoms with Gasteiger partial charge in [0.2, 0.25) is 0 Å². The topological polar surface area (TPSA) is 21.3 Å². The lowest BCUT2D eigenvalue weighted by atomic mass is 10.1. The second kappa shape index (κ2) is 5.19. The standard InChI is InChI=1S/C11H13BrClNO/c12-11-9(13)2-1-3-10(11)14-8-4-6-15-7-5-8/h1-3,8,14H,4-7H2. The van der Waals surface area contributed by atoms with Gasteiger partial charge in [-0.1, -0.05) is 17.7 Å². The number of rotatable bonds is 2. The van der Waals surface area contributed by atoms with Gasteiger partial charge in [-0.15, -0.1) is 0 Å². The van der Waals surface area contributed by atoms with Crippen LogP contribution in [0.4, 0.5) is 5.69 Å². The maximum Gasteiger partial charge on any atom is 0.0593 e. The molecule has 15 heavy (non-hydrogen) atoms. The van der Waals surface area contributed by atoms with Crippen LogP contribution < -0.4 is 5.32 Å². The third kappa shape index (κ3) is 2.86. The van der Waals surface area contributed by atoms with E-state index in [-0.39, 0.29) is 0 Å². The maximum absolute atomic E-state index is 6.02. The number of benzene rings is 1. The molecule has 0 atom stereocenters. The number of halogens is 2. The van der Waals surface area contributed by atoms with Crippen LogP contribution in [-0.4, -0.2) is 19.3 Å². The monoisotopic (exact) mass is 289 g/mol. The quantitative estimate of drug-likeness (QED) is 0.897. The fourth-order valence-electron chi connectivity index (χ4n) is 1.68. The van der Waals surface area contributed by atoms with Gasteiger partial charge in [0.05, 0.1) is 15.2 Å². The molecule has 4 heteroatoms. The molecule has 1 aromatic carbocycles. The molecule has 82 valence electrons. The highest BCUT2D eigenvalue weighted by Crippen LogP contribution is 2.31. The molecule has 1 aliphatic heterocycles. The van der Waals surface area contributed by atoms with Crippen LogP contribution in [0.25, 0.3) is 0 Å². The molecule has 0 radical (unpaired) electrons. The normalized spacial score (nSPS) is 17.7. The molecule has 2 nitrogen and oxygen atoms in total. The van der Waals surface area contributed by atoms with Gasteiger partial charge in [-0.25, -0.2) is 0 Å². The number of hydrogen-bond acceptors (Lipinski definition) is 2. The first-order valence-electron chi connectivity index (χ1n) is 5.05. The number of ether oxygens (including phenoxy) is 1. The Morgan fingerprint density at radius 2 is 2.07 bits per heavy atom. The van der Waals surface area contributed by atoms with Crippen LogP contribution >= 0.6 is 27.5 Å². The SMILES string of the molecule is Clc1cccc(NC2CCOCC2)c1Br. The summed E-state index contributed by atoms with van der Waals surface area (Å²) < 4.78 is 6.26. The summed E-state index contributed by atoms with van der Waals surface area (Å²) >= 11 is 9.50. The van der Waals surface area contributed by atoms with Crippen molar-refractivity contribution in [2.45, 2.75) is 18.9 Å². The van der Waals surface area contributed by atoms with E-state index in [4.69, 9.17) is 16.3 Å². The molecule has 0 aromatic heterocycles. The molecule has 1 aromatic rings. The second-order valence-electron chi connectivity index (χ2n) is 3.63. The summed E-state index contributed by atoms with van der Waals surface area (Å²) in [6, 6.07) is 6.36. The van der Waals surface area contributed by atoms with E-state index in [9.17, 15) is 0 Å². The Morgan fingerprint density at radius 3 is 2.80 bits per heavy atom. The van der Waals surface area contributed by atoms with Gasteiger partial charge in [0, 0.05) is 19.3 Å². The van der Waals surface area contributed by atoms with Crippen molar-refractivity contribution in [1.29, 1.82) is 0 Å². The fourth-order valence-corrected chi connectivity index (χ4v) is 2.23. The van der Waals surface area contributed by atoms with Crippen molar-refractivity contribution in [1.82, 2.24) is 0 Å². The Morgan fingerprint density at radius 1 is 1.33 bits per heavy atom. The van der Waals surface area contributed by atoms with Gasteiger partial charge >= 0.3 is 0 Å². The predicted molar refractivity (Wildman–Crippen MR) is 66.6 cm³/mol. The van der Waals surface area contributed by atoms with Crippen LogP contribution in [0, 0.1) is 0 Å². The molecule has 0 spiro atoms. The molecule has 0 amide bonds. The summed E-state index contributed by atoms with van der Waals surface area (Å²) in [5.41, 5.74) is 1.06. The Kier molecular flexibility index (Phi) is 3.89. The zero-order valence-electron chi connectivity index (χ0n) is 8.30. The van der Waals surface area contributed by atoms with Crippen LogP contribution in [0.5, 0.6) is 0 Å². The average Bonchev–Trinajstić information content (AvgIpc) is 2.26. The van der Waals surface area contributed by atoms with Crippen molar-refractivity contribution in [3.8, 4) is 0 Å². The molecule has 2 rings (SSSR count). The fraction of sp³-hybridized carbons (Fsp3) is 0.455. The van der Waals surface area contributed by atoms with E-state index >= 15 is 0 Å². The van der Waals surface area contributed by atoms with E-state index in [2.05, 4.69) is 21.2 Å². The Labute approximate surface area is 103 Å². The lowest BCUT2D eigenvalue weighted by molar-refractivity contribution is 0.0904. The zero-order chi connectivity index (χ0) is 10.7. The van der Waals surface area contributed by atoms with Crippen LogP contribution in [0.3, 0.4) is 0 Å². The lowest BCUT2D eigenvalue weighted by Crippen LogP contribution is -2.27. The summed E-state index contributed by atoms with van der Waals surface area (Å²) in [6.45, 7) is 1.69. The Bertz CT molecular complexity index is 339. The van der Waals surface area contributed by atoms with Crippen molar-refractivity contribution < 1.29 is 4.74 Å². The third-order valence-electron chi connectivity index (χ3n) is 2.53. The summed E-state index contributed by atoms with van der Waals surface area (Å²) in [5.74, 6) is 0. The average molecular weight is 291 g/mol. The van der Waals surface area contributed by atoms with Gasteiger partial charge in [-0.2, -0.15) is 0 Å². The van der Waals surface area contributed by atoms with Crippen molar-refractivity contribution in [3.05, 3.63) is 27.7 Å². The third-order valence-corrected chi connectivity index (χ3v) is 3.93. The molecule has 1 aliphatic rings. The number of nitrogens with one attached hydrogen (secondary N) is 1. The van der Waals surface area contributed by atoms with Gasteiger partial charge in [0.25, 0.3) is 0 Å². The highest BCUT2D eigenvalue weighted by molar-refractivity contribution is 9.10. The smallest absolute Gasteiger partial charge is 0.0593 e. The first-order chi connectivity index (χ1) is 7.27. The van der Waals surface area contributed by atoms with Crippen LogP contribution in [0.1, 0.15) is 12.8 Å². The molecule has 0 aliphatic carbocycles. The molecule has 0 bridgehead atoms. The number of anilines is 1. The first-order valence-corrected chi connectivity index (χ1v) is 6.23. The Balaban J connectivity index is 2.06. The molecule has 1 fully saturated rings. The number of hydrogen-bond donors (Lipinski definition) is 1. The molecule has 1 N–H and O–H groups in total. The van der Waals surface area contributed by atoms with Crippen LogP contribution in [-0.2, 0) is 4.74 Å². The summed E-state index contributed by atoms with van der Waals surface area (Å²) in [6.07, 6.45) is 2.11. The second-order valence-corrected chi connectivity index (χ2v) is 4.83. The van der Waals surface area contributed by atoms with Crippen molar-refractivity contribution in [3.63, 3.8) is 0 Å². The largest absolute Gasteiger partial charge is 0.381 e. The molecule has 0 unspecified atom stereocenters. The van der Waals surface area contributed by atoms with Gasteiger partial charge in [0.1, 0.15) is 0 Å². The molecule has 1 heterocycles. The van der Waals surface area contributed by atoms with Gasteiger partial charge in [0.15, 0.2) is 0 Å². The van der Waals surface area contributed by atoms with Gasteiger partial charge in [-0.3, -0.25) is 0 Å². The first kappa shape index (κ1) is 11.2. The summed E-state index contributed by atoms with van der Waals surface area (Å²) in [7, 11) is 0. The molecule has 0 saturated carbocycles. The van der Waals surface area contributed by atoms with E-state index in [1.165, 1.54) is 0 Å². The highest BCUT2D eigenvalue weighted by atomic mass is 79.9. The van der Waals surface area contributed by atoms with E-state index in [0.29, 0.717) is 6.04 Å².